The van der Waals surface area contributed by atoms with Crippen LogP contribution in [0.3, 0.4) is 0 Å². The third kappa shape index (κ3) is 11.1. The summed E-state index contributed by atoms with van der Waals surface area (Å²) < 4.78 is 87.2. The van der Waals surface area contributed by atoms with Gasteiger partial charge in [-0.2, -0.15) is 26.3 Å². The van der Waals surface area contributed by atoms with Gasteiger partial charge in [0, 0.05) is 0 Å². The van der Waals surface area contributed by atoms with Crippen LogP contribution in [-0.4, -0.2) is 40.3 Å². The maximum atomic E-state index is 12.3. The van der Waals surface area contributed by atoms with Gasteiger partial charge in [0.2, 0.25) is 0 Å². The lowest BCUT2D eigenvalue weighted by atomic mass is 10.7. The van der Waals surface area contributed by atoms with Crippen LogP contribution in [0.4, 0.5) is 26.3 Å². The van der Waals surface area contributed by atoms with E-state index >= 15 is 0 Å². The molecule has 0 aromatic rings. The van der Waals surface area contributed by atoms with Gasteiger partial charge in [0.15, 0.2) is 21.4 Å². The fourth-order valence-corrected chi connectivity index (χ4v) is 6.18. The van der Waals surface area contributed by atoms with Gasteiger partial charge < -0.3 is 9.05 Å². The SMILES string of the molecule is C#CCNP(=N[Si](C)(C)C)(OCC(F)(F)F)OCC(F)(F)F. The van der Waals surface area contributed by atoms with Crippen molar-refractivity contribution in [3.8, 4) is 12.3 Å². The predicted octanol–water partition coefficient (Wildman–Crippen LogP) is 4.15. The first-order valence-electron chi connectivity index (χ1n) is 5.93. The van der Waals surface area contributed by atoms with Crippen molar-refractivity contribution in [2.24, 2.45) is 4.41 Å². The average molecular weight is 370 g/mol. The van der Waals surface area contributed by atoms with Gasteiger partial charge in [0.25, 0.3) is 7.66 Å². The van der Waals surface area contributed by atoms with Crippen molar-refractivity contribution >= 4 is 15.9 Å². The summed E-state index contributed by atoms with van der Waals surface area (Å²) >= 11 is 0. The Kier molecular flexibility index (Phi) is 7.64. The third-order valence-electron chi connectivity index (χ3n) is 1.62. The van der Waals surface area contributed by atoms with Crippen LogP contribution in [0.5, 0.6) is 0 Å². The van der Waals surface area contributed by atoms with Crippen LogP contribution in [0.25, 0.3) is 0 Å². The maximum Gasteiger partial charge on any atom is 0.412 e. The molecule has 1 N–H and O–H groups in total. The first-order valence-corrected chi connectivity index (χ1v) is 11.0. The van der Waals surface area contributed by atoms with E-state index in [-0.39, 0.29) is 6.54 Å². The number of nitrogens with one attached hydrogen (secondary N) is 1. The smallest absolute Gasteiger partial charge is 0.303 e. The van der Waals surface area contributed by atoms with Gasteiger partial charge in [0.1, 0.15) is 0 Å². The highest BCUT2D eigenvalue weighted by atomic mass is 31.2. The van der Waals surface area contributed by atoms with E-state index in [4.69, 9.17) is 6.42 Å². The molecular weight excluding hydrogens is 353 g/mol. The van der Waals surface area contributed by atoms with Gasteiger partial charge >= 0.3 is 12.4 Å². The topological polar surface area (TPSA) is 42.9 Å². The molecule has 0 radical (unpaired) electrons. The number of rotatable bonds is 7. The molecule has 12 heteroatoms. The summed E-state index contributed by atoms with van der Waals surface area (Å²) in [5.74, 6) is 2.05. The second kappa shape index (κ2) is 7.83. The zero-order valence-corrected chi connectivity index (χ0v) is 14.1. The zero-order chi connectivity index (χ0) is 17.7. The van der Waals surface area contributed by atoms with Crippen LogP contribution in [0.2, 0.25) is 19.6 Å². The Morgan fingerprint density at radius 1 is 1.05 bits per heavy atom. The fourth-order valence-electron chi connectivity index (χ4n) is 1.08. The number of terminal acetylenes is 1. The molecule has 0 aliphatic rings. The second-order valence-electron chi connectivity index (χ2n) is 5.11. The molecule has 22 heavy (non-hydrogen) atoms. The van der Waals surface area contributed by atoms with E-state index in [0.717, 1.165) is 0 Å². The van der Waals surface area contributed by atoms with Crippen LogP contribution in [0, 0.1) is 12.3 Å². The first kappa shape index (κ1) is 21.5. The molecule has 0 aromatic heterocycles. The van der Waals surface area contributed by atoms with E-state index in [1.54, 1.807) is 19.6 Å². The van der Waals surface area contributed by atoms with E-state index in [2.05, 4.69) is 24.5 Å². The van der Waals surface area contributed by atoms with Crippen LogP contribution in [0.1, 0.15) is 0 Å². The number of alkyl halides is 6. The molecule has 0 saturated heterocycles. The Balaban J connectivity index is 5.52. The molecule has 0 rings (SSSR count). The van der Waals surface area contributed by atoms with E-state index < -0.39 is 41.5 Å². The number of nitrogens with zero attached hydrogens (tertiary/aromatic N) is 1. The summed E-state index contributed by atoms with van der Waals surface area (Å²) in [7, 11) is -6.45. The highest BCUT2D eigenvalue weighted by molar-refractivity contribution is 7.55. The first-order chi connectivity index (χ1) is 9.68. The molecule has 0 fully saturated rings. The number of hydrogen-bond acceptors (Lipinski definition) is 3. The summed E-state index contributed by atoms with van der Waals surface area (Å²) in [4.78, 5) is 0. The molecule has 0 atom stereocenters. The van der Waals surface area contributed by atoms with E-state index in [9.17, 15) is 26.3 Å². The molecule has 0 spiro atoms. The van der Waals surface area contributed by atoms with Crippen molar-refractivity contribution < 1.29 is 35.4 Å². The number of hydrogen-bond donors (Lipinski definition) is 1. The Hall–Kier alpha value is -0.533. The Morgan fingerprint density at radius 2 is 1.45 bits per heavy atom. The molecule has 0 aromatic carbocycles. The van der Waals surface area contributed by atoms with Crippen molar-refractivity contribution in [1.82, 2.24) is 5.09 Å². The maximum absolute atomic E-state index is 12.3. The van der Waals surface area contributed by atoms with Crippen LogP contribution in [-0.2, 0) is 9.05 Å². The lowest BCUT2D eigenvalue weighted by Gasteiger charge is -2.28. The molecule has 0 unspecified atom stereocenters. The van der Waals surface area contributed by atoms with Crippen molar-refractivity contribution in [2.45, 2.75) is 32.0 Å². The average Bonchev–Trinajstić information content (AvgIpc) is 2.27. The monoisotopic (exact) mass is 370 g/mol. The molecule has 0 saturated carbocycles. The third-order valence-corrected chi connectivity index (χ3v) is 6.59. The van der Waals surface area contributed by atoms with Gasteiger partial charge in [0.05, 0.1) is 6.54 Å². The normalized spacial score (nSPS) is 13.8. The zero-order valence-electron chi connectivity index (χ0n) is 12.2. The minimum absolute atomic E-state index is 0.336. The highest BCUT2D eigenvalue weighted by Crippen LogP contribution is 2.51. The fraction of sp³-hybridized carbons (Fsp3) is 0.800. The molecule has 0 heterocycles. The van der Waals surface area contributed by atoms with E-state index in [1.165, 1.54) is 0 Å². The van der Waals surface area contributed by atoms with Gasteiger partial charge in [-0.05, 0) is 19.6 Å². The lowest BCUT2D eigenvalue weighted by Crippen LogP contribution is -2.28. The van der Waals surface area contributed by atoms with Crippen molar-refractivity contribution in [2.75, 3.05) is 19.8 Å². The minimum atomic E-state index is -4.74. The van der Waals surface area contributed by atoms with Gasteiger partial charge in [-0.1, -0.05) is 5.92 Å². The van der Waals surface area contributed by atoms with Gasteiger partial charge in [-0.25, -0.2) is 5.09 Å². The van der Waals surface area contributed by atoms with Crippen LogP contribution in [0.15, 0.2) is 4.41 Å². The summed E-state index contributed by atoms with van der Waals surface area (Å²) in [6.45, 7) is 0.944. The van der Waals surface area contributed by atoms with Gasteiger partial charge in [-0.15, -0.1) is 6.42 Å². The molecule has 130 valence electrons. The molecular formula is C10H17F6N2O2PSi. The standard InChI is InChI=1S/C10H17F6N2O2PSi/c1-5-6-17-21(18-22(2,3)4,19-7-9(11,12)13)20-8-10(14,15)16/h1,17H,6-8H2,2-4H3. The van der Waals surface area contributed by atoms with E-state index in [0.29, 0.717) is 0 Å². The highest BCUT2D eigenvalue weighted by Gasteiger charge is 2.38. The predicted molar refractivity (Wildman–Crippen MR) is 73.5 cm³/mol. The Morgan fingerprint density at radius 3 is 1.73 bits per heavy atom. The Labute approximate surface area is 125 Å². The lowest BCUT2D eigenvalue weighted by molar-refractivity contribution is -0.163. The quantitative estimate of drug-likeness (QED) is 0.317. The van der Waals surface area contributed by atoms with E-state index in [1.807, 2.05) is 0 Å². The second-order valence-corrected chi connectivity index (χ2v) is 12.1. The molecule has 0 amide bonds. The van der Waals surface area contributed by atoms with Gasteiger partial charge in [-0.3, -0.25) is 4.41 Å². The molecule has 0 aliphatic heterocycles. The summed E-state index contributed by atoms with van der Waals surface area (Å²) in [5, 5.41) is 2.28. The minimum Gasteiger partial charge on any atom is -0.303 e. The number of halogens is 6. The summed E-state index contributed by atoms with van der Waals surface area (Å²) in [6.07, 6.45) is -4.49. The van der Waals surface area contributed by atoms with Crippen LogP contribution >= 0.6 is 7.66 Å². The molecule has 4 nitrogen and oxygen atoms in total. The van der Waals surface area contributed by atoms with Crippen LogP contribution < -0.4 is 5.09 Å². The summed E-state index contributed by atoms with van der Waals surface area (Å²) in [6, 6.07) is 0. The molecule has 0 aliphatic carbocycles. The summed E-state index contributed by atoms with van der Waals surface area (Å²) in [5.41, 5.74) is 0. The Bertz CT molecular complexity index is 430. The van der Waals surface area contributed by atoms with Crippen molar-refractivity contribution in [3.63, 3.8) is 0 Å². The largest absolute Gasteiger partial charge is 0.412 e. The molecule has 0 bridgehead atoms. The van der Waals surface area contributed by atoms with Crippen molar-refractivity contribution in [3.05, 3.63) is 0 Å². The van der Waals surface area contributed by atoms with Crippen molar-refractivity contribution in [1.29, 1.82) is 0 Å².